The number of hydrogen-bond donors (Lipinski definition) is 1. The van der Waals surface area contributed by atoms with Crippen LogP contribution in [0.1, 0.15) is 25.5 Å². The molecule has 0 aromatic heterocycles. The van der Waals surface area contributed by atoms with E-state index >= 15 is 0 Å². The minimum Gasteiger partial charge on any atom is -0.350 e. The van der Waals surface area contributed by atoms with Crippen molar-refractivity contribution in [2.45, 2.75) is 19.9 Å². The Labute approximate surface area is 109 Å². The van der Waals surface area contributed by atoms with Crippen LogP contribution in [-0.2, 0) is 4.79 Å². The van der Waals surface area contributed by atoms with Crippen LogP contribution < -0.4 is 5.32 Å². The summed E-state index contributed by atoms with van der Waals surface area (Å²) in [5.41, 5.74) is 1.12. The number of fused-ring (bicyclic) bond motifs is 1. The van der Waals surface area contributed by atoms with Crippen molar-refractivity contribution in [3.05, 3.63) is 46.4 Å². The van der Waals surface area contributed by atoms with Crippen molar-refractivity contribution < 1.29 is 4.79 Å². The lowest BCUT2D eigenvalue weighted by Gasteiger charge is -2.13. The van der Waals surface area contributed by atoms with Gasteiger partial charge in [0.05, 0.1) is 6.04 Å². The van der Waals surface area contributed by atoms with Gasteiger partial charge in [-0.1, -0.05) is 34.1 Å². The molecule has 2 nitrogen and oxygen atoms in total. The van der Waals surface area contributed by atoms with Crippen molar-refractivity contribution in [3.8, 4) is 0 Å². The molecule has 17 heavy (non-hydrogen) atoms. The Kier molecular flexibility index (Phi) is 3.48. The quantitative estimate of drug-likeness (QED) is 0.896. The van der Waals surface area contributed by atoms with E-state index in [-0.39, 0.29) is 11.9 Å². The summed E-state index contributed by atoms with van der Waals surface area (Å²) in [5.74, 6) is -0.00611. The smallest absolute Gasteiger partial charge is 0.217 e. The van der Waals surface area contributed by atoms with Gasteiger partial charge in [0.2, 0.25) is 5.91 Å². The first-order chi connectivity index (χ1) is 8.06. The van der Waals surface area contributed by atoms with Crippen molar-refractivity contribution >= 4 is 32.6 Å². The van der Waals surface area contributed by atoms with Crippen LogP contribution in [0.15, 0.2) is 40.9 Å². The second-order valence-electron chi connectivity index (χ2n) is 4.17. The van der Waals surface area contributed by atoms with Gasteiger partial charge in [0, 0.05) is 11.4 Å². The molecule has 2 aromatic carbocycles. The third kappa shape index (κ3) is 2.86. The molecule has 1 unspecified atom stereocenters. The van der Waals surface area contributed by atoms with Crippen molar-refractivity contribution in [3.63, 3.8) is 0 Å². The third-order valence-electron chi connectivity index (χ3n) is 2.75. The molecule has 1 amide bonds. The molecule has 0 aliphatic carbocycles. The maximum atomic E-state index is 11.0. The van der Waals surface area contributed by atoms with E-state index in [0.717, 1.165) is 10.0 Å². The first-order valence-electron chi connectivity index (χ1n) is 5.52. The topological polar surface area (TPSA) is 29.1 Å². The molecule has 2 aromatic rings. The highest BCUT2D eigenvalue weighted by atomic mass is 79.9. The maximum absolute atomic E-state index is 11.0. The monoisotopic (exact) mass is 291 g/mol. The van der Waals surface area contributed by atoms with Crippen LogP contribution >= 0.6 is 15.9 Å². The predicted octanol–water partition coefficient (Wildman–Crippen LogP) is 3.80. The van der Waals surface area contributed by atoms with Gasteiger partial charge in [0.25, 0.3) is 0 Å². The number of nitrogens with one attached hydrogen (secondary N) is 1. The number of rotatable bonds is 2. The Hall–Kier alpha value is -1.35. The Morgan fingerprint density at radius 2 is 1.82 bits per heavy atom. The summed E-state index contributed by atoms with van der Waals surface area (Å²) in [7, 11) is 0. The molecular formula is C14H14BrNO. The SMILES string of the molecule is CC(=O)NC(C)c1ccc2cc(Br)ccc2c1. The molecular weight excluding hydrogens is 278 g/mol. The number of hydrogen-bond acceptors (Lipinski definition) is 1. The number of halogens is 1. The molecule has 0 saturated carbocycles. The van der Waals surface area contributed by atoms with Crippen LogP contribution in [0.5, 0.6) is 0 Å². The molecule has 1 atom stereocenters. The zero-order valence-corrected chi connectivity index (χ0v) is 11.4. The van der Waals surface area contributed by atoms with Gasteiger partial charge in [-0.2, -0.15) is 0 Å². The van der Waals surface area contributed by atoms with Crippen LogP contribution in [0.25, 0.3) is 10.8 Å². The molecule has 0 fully saturated rings. The number of amides is 1. The molecule has 3 heteroatoms. The van der Waals surface area contributed by atoms with E-state index in [0.29, 0.717) is 0 Å². The largest absolute Gasteiger partial charge is 0.350 e. The van der Waals surface area contributed by atoms with Crippen molar-refractivity contribution in [1.82, 2.24) is 5.32 Å². The van der Waals surface area contributed by atoms with Crippen LogP contribution in [0, 0.1) is 0 Å². The second-order valence-corrected chi connectivity index (χ2v) is 5.09. The number of benzene rings is 2. The van der Waals surface area contributed by atoms with Gasteiger partial charge in [-0.05, 0) is 41.5 Å². The molecule has 0 aliphatic rings. The van der Waals surface area contributed by atoms with Gasteiger partial charge in [-0.15, -0.1) is 0 Å². The molecule has 0 heterocycles. The summed E-state index contributed by atoms with van der Waals surface area (Å²) in [5, 5.41) is 5.26. The van der Waals surface area contributed by atoms with Crippen LogP contribution in [0.2, 0.25) is 0 Å². The fourth-order valence-corrected chi connectivity index (χ4v) is 2.27. The van der Waals surface area contributed by atoms with E-state index in [4.69, 9.17) is 0 Å². The Morgan fingerprint density at radius 1 is 1.18 bits per heavy atom. The van der Waals surface area contributed by atoms with Crippen LogP contribution in [-0.4, -0.2) is 5.91 Å². The molecule has 0 spiro atoms. The first-order valence-corrected chi connectivity index (χ1v) is 6.32. The predicted molar refractivity (Wildman–Crippen MR) is 73.9 cm³/mol. The fourth-order valence-electron chi connectivity index (χ4n) is 1.89. The highest BCUT2D eigenvalue weighted by Crippen LogP contribution is 2.23. The van der Waals surface area contributed by atoms with Crippen LogP contribution in [0.4, 0.5) is 0 Å². The average Bonchev–Trinajstić information content (AvgIpc) is 2.27. The van der Waals surface area contributed by atoms with Gasteiger partial charge in [0.15, 0.2) is 0 Å². The minimum atomic E-state index is -0.00611. The summed E-state index contributed by atoms with van der Waals surface area (Å²) < 4.78 is 1.08. The van der Waals surface area contributed by atoms with Crippen molar-refractivity contribution in [2.75, 3.05) is 0 Å². The minimum absolute atomic E-state index is 0.00611. The Morgan fingerprint density at radius 3 is 2.53 bits per heavy atom. The lowest BCUT2D eigenvalue weighted by molar-refractivity contribution is -0.119. The van der Waals surface area contributed by atoms with Crippen LogP contribution in [0.3, 0.4) is 0 Å². The highest BCUT2D eigenvalue weighted by Gasteiger charge is 2.06. The summed E-state index contributed by atoms with van der Waals surface area (Å²) in [6.07, 6.45) is 0. The van der Waals surface area contributed by atoms with E-state index in [9.17, 15) is 4.79 Å². The number of carbonyl (C=O) groups excluding carboxylic acids is 1. The Bertz CT molecular complexity index is 565. The van der Waals surface area contributed by atoms with Gasteiger partial charge < -0.3 is 5.32 Å². The molecule has 0 saturated heterocycles. The summed E-state index contributed by atoms with van der Waals surface area (Å²) in [6, 6.07) is 12.5. The zero-order valence-electron chi connectivity index (χ0n) is 9.83. The van der Waals surface area contributed by atoms with Crippen molar-refractivity contribution in [2.24, 2.45) is 0 Å². The van der Waals surface area contributed by atoms with Gasteiger partial charge in [0.1, 0.15) is 0 Å². The van der Waals surface area contributed by atoms with E-state index < -0.39 is 0 Å². The third-order valence-corrected chi connectivity index (χ3v) is 3.24. The summed E-state index contributed by atoms with van der Waals surface area (Å²) in [6.45, 7) is 3.52. The Balaban J connectivity index is 2.37. The van der Waals surface area contributed by atoms with Crippen molar-refractivity contribution in [1.29, 1.82) is 0 Å². The van der Waals surface area contributed by atoms with Gasteiger partial charge in [-0.3, -0.25) is 4.79 Å². The lowest BCUT2D eigenvalue weighted by atomic mass is 10.0. The normalized spacial score (nSPS) is 12.4. The molecule has 0 aliphatic heterocycles. The first kappa shape index (κ1) is 12.1. The zero-order chi connectivity index (χ0) is 12.4. The van der Waals surface area contributed by atoms with E-state index in [2.05, 4.69) is 51.6 Å². The second kappa shape index (κ2) is 4.88. The highest BCUT2D eigenvalue weighted by molar-refractivity contribution is 9.10. The summed E-state index contributed by atoms with van der Waals surface area (Å²) >= 11 is 3.46. The maximum Gasteiger partial charge on any atom is 0.217 e. The standard InChI is InChI=1S/C14H14BrNO/c1-9(16-10(2)17)11-3-4-13-8-14(15)6-5-12(13)7-11/h3-9H,1-2H3,(H,16,17). The van der Waals surface area contributed by atoms with Gasteiger partial charge >= 0.3 is 0 Å². The summed E-state index contributed by atoms with van der Waals surface area (Å²) in [4.78, 5) is 11.0. The molecule has 88 valence electrons. The molecule has 1 N–H and O–H groups in total. The van der Waals surface area contributed by atoms with Gasteiger partial charge in [-0.25, -0.2) is 0 Å². The van der Waals surface area contributed by atoms with E-state index in [1.165, 1.54) is 17.7 Å². The fraction of sp³-hybridized carbons (Fsp3) is 0.214. The number of carbonyl (C=O) groups is 1. The van der Waals surface area contributed by atoms with E-state index in [1.54, 1.807) is 0 Å². The molecule has 2 rings (SSSR count). The average molecular weight is 292 g/mol. The lowest BCUT2D eigenvalue weighted by Crippen LogP contribution is -2.23. The molecule has 0 radical (unpaired) electrons. The molecule has 0 bridgehead atoms. The van der Waals surface area contributed by atoms with E-state index in [1.807, 2.05) is 13.0 Å².